The molecule has 0 aromatic heterocycles. The van der Waals surface area contributed by atoms with Crippen LogP contribution < -0.4 is 11.1 Å². The Morgan fingerprint density at radius 3 is 2.56 bits per heavy atom. The van der Waals surface area contributed by atoms with Gasteiger partial charge in [-0.05, 0) is 36.2 Å². The fourth-order valence-corrected chi connectivity index (χ4v) is 4.20. The third-order valence-corrected chi connectivity index (χ3v) is 5.68. The summed E-state index contributed by atoms with van der Waals surface area (Å²) in [5.74, 6) is 0.956. The molecule has 0 radical (unpaired) electrons. The van der Waals surface area contributed by atoms with Gasteiger partial charge in [0.2, 0.25) is 11.8 Å². The first-order valence-corrected chi connectivity index (χ1v) is 9.33. The van der Waals surface area contributed by atoms with E-state index in [-0.39, 0.29) is 23.8 Å². The summed E-state index contributed by atoms with van der Waals surface area (Å²) in [6.45, 7) is 5.49. The molecule has 3 N–H and O–H groups in total. The van der Waals surface area contributed by atoms with Crippen LogP contribution in [0.4, 0.5) is 0 Å². The Morgan fingerprint density at radius 1 is 1.20 bits per heavy atom. The molecule has 0 bridgehead atoms. The predicted molar refractivity (Wildman–Crippen MR) is 97.7 cm³/mol. The second-order valence-electron chi connectivity index (χ2n) is 7.86. The molecule has 0 spiro atoms. The number of hydrogen-bond acceptors (Lipinski definition) is 3. The van der Waals surface area contributed by atoms with E-state index in [4.69, 9.17) is 5.73 Å². The Morgan fingerprint density at radius 2 is 1.92 bits per heavy atom. The standard InChI is InChI=1S/C20H29N3O2/c1-13(2)19(22-18(24)10-14-6-4-3-5-7-14)20(25)23-11-15-8-9-17(21)16(15)12-23/h3-7,13,15-17,19H,8-12,21H2,1-2H3,(H,22,24). The minimum Gasteiger partial charge on any atom is -0.344 e. The van der Waals surface area contributed by atoms with Crippen molar-refractivity contribution in [3.63, 3.8) is 0 Å². The van der Waals surface area contributed by atoms with Gasteiger partial charge in [0.25, 0.3) is 0 Å². The molecule has 4 unspecified atom stereocenters. The second-order valence-corrected chi connectivity index (χ2v) is 7.86. The molecule has 2 aliphatic rings. The molecule has 1 aromatic carbocycles. The molecule has 4 atom stereocenters. The van der Waals surface area contributed by atoms with E-state index in [0.29, 0.717) is 18.3 Å². The van der Waals surface area contributed by atoms with E-state index in [9.17, 15) is 9.59 Å². The Bertz CT molecular complexity index is 617. The van der Waals surface area contributed by atoms with E-state index in [1.165, 1.54) is 0 Å². The zero-order valence-corrected chi connectivity index (χ0v) is 15.2. The summed E-state index contributed by atoms with van der Waals surface area (Å²) < 4.78 is 0. The number of carbonyl (C=O) groups is 2. The number of likely N-dealkylation sites (tertiary alicyclic amines) is 1. The van der Waals surface area contributed by atoms with Crippen LogP contribution in [-0.4, -0.2) is 41.9 Å². The van der Waals surface area contributed by atoms with E-state index in [1.807, 2.05) is 49.1 Å². The van der Waals surface area contributed by atoms with Crippen molar-refractivity contribution >= 4 is 11.8 Å². The first-order chi connectivity index (χ1) is 12.0. The summed E-state index contributed by atoms with van der Waals surface area (Å²) in [5, 5.41) is 2.96. The lowest BCUT2D eigenvalue weighted by molar-refractivity contribution is -0.137. The van der Waals surface area contributed by atoms with Crippen LogP contribution >= 0.6 is 0 Å². The van der Waals surface area contributed by atoms with Gasteiger partial charge in [-0.2, -0.15) is 0 Å². The minimum absolute atomic E-state index is 0.0398. The van der Waals surface area contributed by atoms with Crippen LogP contribution in [0.2, 0.25) is 0 Å². The van der Waals surface area contributed by atoms with Gasteiger partial charge < -0.3 is 16.0 Å². The highest BCUT2D eigenvalue weighted by Crippen LogP contribution is 2.37. The lowest BCUT2D eigenvalue weighted by atomic mass is 9.98. The van der Waals surface area contributed by atoms with Crippen molar-refractivity contribution < 1.29 is 9.59 Å². The van der Waals surface area contributed by atoms with E-state index in [2.05, 4.69) is 5.32 Å². The summed E-state index contributed by atoms with van der Waals surface area (Å²) in [6, 6.07) is 9.36. The van der Waals surface area contributed by atoms with Gasteiger partial charge in [-0.1, -0.05) is 44.2 Å². The Labute approximate surface area is 150 Å². The van der Waals surface area contributed by atoms with Gasteiger partial charge in [0, 0.05) is 19.1 Å². The summed E-state index contributed by atoms with van der Waals surface area (Å²) in [4.78, 5) is 27.3. The number of carbonyl (C=O) groups excluding carboxylic acids is 2. The smallest absolute Gasteiger partial charge is 0.245 e. The van der Waals surface area contributed by atoms with E-state index < -0.39 is 6.04 Å². The lowest BCUT2D eigenvalue weighted by Crippen LogP contribution is -2.51. The molecule has 1 heterocycles. The van der Waals surface area contributed by atoms with Crippen LogP contribution in [0.15, 0.2) is 30.3 Å². The van der Waals surface area contributed by atoms with Gasteiger partial charge >= 0.3 is 0 Å². The number of rotatable bonds is 5. The molecule has 2 amide bonds. The van der Waals surface area contributed by atoms with Crippen molar-refractivity contribution in [1.29, 1.82) is 0 Å². The van der Waals surface area contributed by atoms with Gasteiger partial charge in [0.05, 0.1) is 6.42 Å². The van der Waals surface area contributed by atoms with Gasteiger partial charge in [0.15, 0.2) is 0 Å². The predicted octanol–water partition coefficient (Wildman–Crippen LogP) is 1.57. The number of nitrogens with two attached hydrogens (primary N) is 1. The average molecular weight is 343 g/mol. The van der Waals surface area contributed by atoms with Gasteiger partial charge in [-0.15, -0.1) is 0 Å². The highest BCUT2D eigenvalue weighted by molar-refractivity contribution is 5.88. The molecule has 3 rings (SSSR count). The molecule has 5 heteroatoms. The largest absolute Gasteiger partial charge is 0.344 e. The average Bonchev–Trinajstić information content (AvgIpc) is 3.15. The molecular formula is C20H29N3O2. The van der Waals surface area contributed by atoms with Crippen LogP contribution in [0.3, 0.4) is 0 Å². The van der Waals surface area contributed by atoms with E-state index in [1.54, 1.807) is 0 Å². The molecule has 136 valence electrons. The first kappa shape index (κ1) is 17.9. The van der Waals surface area contributed by atoms with Crippen LogP contribution in [0, 0.1) is 17.8 Å². The van der Waals surface area contributed by atoms with Gasteiger partial charge in [-0.25, -0.2) is 0 Å². The number of nitrogens with one attached hydrogen (secondary N) is 1. The Hall–Kier alpha value is -1.88. The second kappa shape index (κ2) is 7.56. The van der Waals surface area contributed by atoms with Crippen molar-refractivity contribution in [3.8, 4) is 0 Å². The monoisotopic (exact) mass is 343 g/mol. The van der Waals surface area contributed by atoms with E-state index >= 15 is 0 Å². The Balaban J connectivity index is 1.61. The summed E-state index contributed by atoms with van der Waals surface area (Å²) >= 11 is 0. The normalized spacial score (nSPS) is 26.6. The van der Waals surface area contributed by atoms with Crippen molar-refractivity contribution in [2.45, 2.75) is 45.2 Å². The topological polar surface area (TPSA) is 75.4 Å². The van der Waals surface area contributed by atoms with Crippen LogP contribution in [0.1, 0.15) is 32.3 Å². The highest BCUT2D eigenvalue weighted by Gasteiger charge is 2.44. The van der Waals surface area contributed by atoms with Crippen LogP contribution in [-0.2, 0) is 16.0 Å². The van der Waals surface area contributed by atoms with Crippen molar-refractivity contribution in [3.05, 3.63) is 35.9 Å². The maximum absolute atomic E-state index is 13.0. The third kappa shape index (κ3) is 4.03. The number of fused-ring (bicyclic) bond motifs is 1. The van der Waals surface area contributed by atoms with Crippen molar-refractivity contribution in [2.24, 2.45) is 23.5 Å². The maximum atomic E-state index is 13.0. The summed E-state index contributed by atoms with van der Waals surface area (Å²) in [6.07, 6.45) is 2.48. The van der Waals surface area contributed by atoms with Gasteiger partial charge in [0.1, 0.15) is 6.04 Å². The fraction of sp³-hybridized carbons (Fsp3) is 0.600. The van der Waals surface area contributed by atoms with Crippen molar-refractivity contribution in [1.82, 2.24) is 10.2 Å². The minimum atomic E-state index is -0.466. The molecule has 1 aliphatic heterocycles. The number of nitrogens with zero attached hydrogens (tertiary/aromatic N) is 1. The lowest BCUT2D eigenvalue weighted by Gasteiger charge is -2.28. The van der Waals surface area contributed by atoms with Crippen LogP contribution in [0.5, 0.6) is 0 Å². The molecular weight excluding hydrogens is 314 g/mol. The molecule has 5 nitrogen and oxygen atoms in total. The molecule has 2 fully saturated rings. The molecule has 1 saturated heterocycles. The molecule has 25 heavy (non-hydrogen) atoms. The number of benzene rings is 1. The third-order valence-electron chi connectivity index (χ3n) is 5.68. The van der Waals surface area contributed by atoms with Crippen LogP contribution in [0.25, 0.3) is 0 Å². The summed E-state index contributed by atoms with van der Waals surface area (Å²) in [5.41, 5.74) is 7.13. The Kier molecular flexibility index (Phi) is 5.42. The maximum Gasteiger partial charge on any atom is 0.245 e. The molecule has 1 aliphatic carbocycles. The first-order valence-electron chi connectivity index (χ1n) is 9.33. The van der Waals surface area contributed by atoms with E-state index in [0.717, 1.165) is 31.5 Å². The molecule has 1 saturated carbocycles. The SMILES string of the molecule is CC(C)C(NC(=O)Cc1ccccc1)C(=O)N1CC2CCC(N)C2C1. The quantitative estimate of drug-likeness (QED) is 0.852. The number of hydrogen-bond donors (Lipinski definition) is 2. The summed E-state index contributed by atoms with van der Waals surface area (Å²) in [7, 11) is 0. The van der Waals surface area contributed by atoms with Crippen molar-refractivity contribution in [2.75, 3.05) is 13.1 Å². The highest BCUT2D eigenvalue weighted by atomic mass is 16.2. The molecule has 1 aromatic rings. The zero-order valence-electron chi connectivity index (χ0n) is 15.2. The van der Waals surface area contributed by atoms with Gasteiger partial charge in [-0.3, -0.25) is 9.59 Å². The number of amides is 2. The fourth-order valence-electron chi connectivity index (χ4n) is 4.20. The zero-order chi connectivity index (χ0) is 18.0.